The minimum absolute atomic E-state index is 0.449. The van der Waals surface area contributed by atoms with Gasteiger partial charge in [0.25, 0.3) is 0 Å². The molecule has 0 saturated carbocycles. The standard InChI is InChI=1S/C26H16N6/c27-15-19(25-29-21-5-1-2-6-22(21)30-25)13-17-9-11-18(12-10-17)14-20(16-28)26-31-23-7-3-4-8-24(23)32-26/h1-14H,(H,29,30)(H,31,32)/b19-13-,20-14+. The first-order chi connectivity index (χ1) is 15.7. The van der Waals surface area contributed by atoms with Crippen molar-refractivity contribution in [3.63, 3.8) is 0 Å². The van der Waals surface area contributed by atoms with Crippen molar-refractivity contribution in [2.24, 2.45) is 0 Å². The number of imidazole rings is 2. The summed E-state index contributed by atoms with van der Waals surface area (Å²) in [4.78, 5) is 15.4. The Morgan fingerprint density at radius 3 is 1.41 bits per heavy atom. The third-order valence-electron chi connectivity index (χ3n) is 5.09. The lowest BCUT2D eigenvalue weighted by molar-refractivity contribution is 1.27. The smallest absolute Gasteiger partial charge is 0.149 e. The zero-order valence-corrected chi connectivity index (χ0v) is 16.9. The molecule has 150 valence electrons. The van der Waals surface area contributed by atoms with Crippen LogP contribution in [0.2, 0.25) is 0 Å². The first kappa shape index (κ1) is 19.0. The third kappa shape index (κ3) is 3.65. The van der Waals surface area contributed by atoms with Crippen LogP contribution in [0, 0.1) is 22.7 Å². The lowest BCUT2D eigenvalue weighted by Gasteiger charge is -1.99. The number of benzene rings is 3. The molecule has 0 unspecified atom stereocenters. The van der Waals surface area contributed by atoms with E-state index in [0.29, 0.717) is 22.8 Å². The Hall–Kier alpha value is -4.94. The van der Waals surface area contributed by atoms with Crippen LogP contribution < -0.4 is 0 Å². The molecule has 0 radical (unpaired) electrons. The summed E-state index contributed by atoms with van der Waals surface area (Å²) in [5, 5.41) is 19.2. The van der Waals surface area contributed by atoms with Gasteiger partial charge < -0.3 is 9.97 Å². The summed E-state index contributed by atoms with van der Waals surface area (Å²) >= 11 is 0. The molecule has 5 aromatic rings. The van der Waals surface area contributed by atoms with Crippen LogP contribution in [0.5, 0.6) is 0 Å². The van der Waals surface area contributed by atoms with Crippen molar-refractivity contribution < 1.29 is 0 Å². The van der Waals surface area contributed by atoms with E-state index in [1.807, 2.05) is 72.8 Å². The highest BCUT2D eigenvalue weighted by molar-refractivity contribution is 5.92. The average molecular weight is 412 g/mol. The number of hydrogen-bond donors (Lipinski definition) is 2. The van der Waals surface area contributed by atoms with Gasteiger partial charge in [-0.15, -0.1) is 0 Å². The third-order valence-corrected chi connectivity index (χ3v) is 5.09. The van der Waals surface area contributed by atoms with Crippen molar-refractivity contribution in [3.8, 4) is 12.1 Å². The van der Waals surface area contributed by atoms with Crippen molar-refractivity contribution in [2.75, 3.05) is 0 Å². The summed E-state index contributed by atoms with van der Waals surface area (Å²) in [7, 11) is 0. The number of nitrogens with zero attached hydrogens (tertiary/aromatic N) is 4. The van der Waals surface area contributed by atoms with Crippen LogP contribution in [0.4, 0.5) is 0 Å². The maximum absolute atomic E-state index is 9.62. The summed E-state index contributed by atoms with van der Waals surface area (Å²) < 4.78 is 0. The zero-order chi connectivity index (χ0) is 21.9. The quantitative estimate of drug-likeness (QED) is 0.377. The van der Waals surface area contributed by atoms with E-state index in [9.17, 15) is 10.5 Å². The number of nitriles is 2. The molecule has 0 bridgehead atoms. The van der Waals surface area contributed by atoms with Crippen LogP contribution in [0.1, 0.15) is 22.8 Å². The average Bonchev–Trinajstić information content (AvgIpc) is 3.46. The van der Waals surface area contributed by atoms with Crippen molar-refractivity contribution >= 4 is 45.4 Å². The number of allylic oxidation sites excluding steroid dienone is 2. The van der Waals surface area contributed by atoms with E-state index >= 15 is 0 Å². The van der Waals surface area contributed by atoms with Gasteiger partial charge in [-0.05, 0) is 47.5 Å². The molecule has 6 heteroatoms. The maximum Gasteiger partial charge on any atom is 0.149 e. The fraction of sp³-hybridized carbons (Fsp3) is 0. The van der Waals surface area contributed by atoms with Gasteiger partial charge in [0.2, 0.25) is 0 Å². The molecular weight excluding hydrogens is 396 g/mol. The number of aromatic nitrogens is 4. The lowest BCUT2D eigenvalue weighted by atomic mass is 10.1. The minimum atomic E-state index is 0.449. The Bertz CT molecular complexity index is 1400. The van der Waals surface area contributed by atoms with E-state index in [0.717, 1.165) is 33.2 Å². The molecule has 0 aliphatic heterocycles. The second-order valence-electron chi connectivity index (χ2n) is 7.21. The second-order valence-corrected chi connectivity index (χ2v) is 7.21. The van der Waals surface area contributed by atoms with Crippen LogP contribution >= 0.6 is 0 Å². The second kappa shape index (κ2) is 8.06. The number of aromatic amines is 2. The molecule has 0 amide bonds. The highest BCUT2D eigenvalue weighted by Gasteiger charge is 2.09. The molecule has 0 spiro atoms. The van der Waals surface area contributed by atoms with Gasteiger partial charge in [-0.25, -0.2) is 9.97 Å². The Morgan fingerprint density at radius 2 is 1.03 bits per heavy atom. The highest BCUT2D eigenvalue weighted by Crippen LogP contribution is 2.22. The van der Waals surface area contributed by atoms with Crippen molar-refractivity contribution in [1.29, 1.82) is 10.5 Å². The normalized spacial score (nSPS) is 12.1. The number of nitrogens with one attached hydrogen (secondary N) is 2. The van der Waals surface area contributed by atoms with E-state index in [1.54, 1.807) is 12.2 Å². The topological polar surface area (TPSA) is 105 Å². The molecule has 0 atom stereocenters. The van der Waals surface area contributed by atoms with Crippen molar-refractivity contribution in [1.82, 2.24) is 19.9 Å². The van der Waals surface area contributed by atoms with Gasteiger partial charge in [-0.1, -0.05) is 48.5 Å². The number of fused-ring (bicyclic) bond motifs is 2. The number of rotatable bonds is 4. The maximum atomic E-state index is 9.62. The summed E-state index contributed by atoms with van der Waals surface area (Å²) in [6, 6.07) is 27.4. The number of hydrogen-bond acceptors (Lipinski definition) is 4. The van der Waals surface area contributed by atoms with Gasteiger partial charge >= 0.3 is 0 Å². The van der Waals surface area contributed by atoms with Crippen LogP contribution in [-0.2, 0) is 0 Å². The highest BCUT2D eigenvalue weighted by atomic mass is 14.9. The number of para-hydroxylation sites is 4. The molecule has 3 aromatic carbocycles. The van der Waals surface area contributed by atoms with E-state index < -0.39 is 0 Å². The van der Waals surface area contributed by atoms with Crippen LogP contribution in [0.25, 0.3) is 45.4 Å². The van der Waals surface area contributed by atoms with Gasteiger partial charge in [0.1, 0.15) is 23.8 Å². The largest absolute Gasteiger partial charge is 0.337 e. The molecule has 6 nitrogen and oxygen atoms in total. The summed E-state index contributed by atoms with van der Waals surface area (Å²) in [6.07, 6.45) is 3.57. The molecule has 0 aliphatic rings. The fourth-order valence-electron chi connectivity index (χ4n) is 3.49. The van der Waals surface area contributed by atoms with E-state index in [2.05, 4.69) is 32.1 Å². The van der Waals surface area contributed by atoms with Crippen molar-refractivity contribution in [3.05, 3.63) is 95.6 Å². The minimum Gasteiger partial charge on any atom is -0.337 e. The van der Waals surface area contributed by atoms with Gasteiger partial charge in [0.15, 0.2) is 0 Å². The monoisotopic (exact) mass is 412 g/mol. The van der Waals surface area contributed by atoms with E-state index in [1.165, 1.54) is 0 Å². The molecule has 0 fully saturated rings. The van der Waals surface area contributed by atoms with Crippen LogP contribution in [0.3, 0.4) is 0 Å². The molecule has 0 aliphatic carbocycles. The molecule has 5 rings (SSSR count). The Balaban J connectivity index is 1.43. The predicted molar refractivity (Wildman–Crippen MR) is 126 cm³/mol. The Kier molecular flexibility index (Phi) is 4.80. The summed E-state index contributed by atoms with van der Waals surface area (Å²) in [5.41, 5.74) is 6.03. The SMILES string of the molecule is N#C/C(=C/c1ccc(/C=C(\C#N)c2nc3ccccc3[nH]2)cc1)c1nc2ccccc2[nH]1. The first-order valence-electron chi connectivity index (χ1n) is 9.97. The van der Waals surface area contributed by atoms with E-state index in [4.69, 9.17) is 0 Å². The lowest BCUT2D eigenvalue weighted by Crippen LogP contribution is -1.86. The van der Waals surface area contributed by atoms with Gasteiger partial charge in [0.05, 0.1) is 33.2 Å². The summed E-state index contributed by atoms with van der Waals surface area (Å²) in [6.45, 7) is 0. The predicted octanol–water partition coefficient (Wildman–Crippen LogP) is 5.57. The fourth-order valence-corrected chi connectivity index (χ4v) is 3.49. The number of H-pyrrole nitrogens is 2. The Labute approximate surface area is 183 Å². The molecule has 2 aromatic heterocycles. The molecule has 0 saturated heterocycles. The molecule has 32 heavy (non-hydrogen) atoms. The Morgan fingerprint density at radius 1 is 0.625 bits per heavy atom. The van der Waals surface area contributed by atoms with Crippen molar-refractivity contribution in [2.45, 2.75) is 0 Å². The summed E-state index contributed by atoms with van der Waals surface area (Å²) in [5.74, 6) is 1.07. The molecular formula is C26H16N6. The molecule has 2 heterocycles. The van der Waals surface area contributed by atoms with Gasteiger partial charge in [-0.2, -0.15) is 10.5 Å². The van der Waals surface area contributed by atoms with Crippen LogP contribution in [0.15, 0.2) is 72.8 Å². The first-order valence-corrected chi connectivity index (χ1v) is 9.97. The zero-order valence-electron chi connectivity index (χ0n) is 16.9. The van der Waals surface area contributed by atoms with Crippen LogP contribution in [-0.4, -0.2) is 19.9 Å². The van der Waals surface area contributed by atoms with Gasteiger partial charge in [0, 0.05) is 0 Å². The van der Waals surface area contributed by atoms with Gasteiger partial charge in [-0.3, -0.25) is 0 Å². The van der Waals surface area contributed by atoms with E-state index in [-0.39, 0.29) is 0 Å². The molecule has 2 N–H and O–H groups in total.